The van der Waals surface area contributed by atoms with Gasteiger partial charge in [-0.05, 0) is 44.5 Å². The van der Waals surface area contributed by atoms with Crippen LogP contribution in [-0.2, 0) is 5.41 Å². The SMILES string of the molecule is CC(O)C1(c2ccccc2Br)CCNCC1. The number of piperidine rings is 1. The molecule has 1 aliphatic heterocycles. The first-order chi connectivity index (χ1) is 7.67. The second kappa shape index (κ2) is 4.86. The smallest absolute Gasteiger partial charge is 0.0610 e. The van der Waals surface area contributed by atoms with Crippen LogP contribution in [0.15, 0.2) is 28.7 Å². The summed E-state index contributed by atoms with van der Waals surface area (Å²) in [6.07, 6.45) is 1.67. The molecule has 0 aliphatic carbocycles. The van der Waals surface area contributed by atoms with E-state index in [1.807, 2.05) is 19.1 Å². The van der Waals surface area contributed by atoms with E-state index in [1.165, 1.54) is 5.56 Å². The predicted octanol–water partition coefficient (Wildman–Crippen LogP) is 2.45. The Labute approximate surface area is 105 Å². The maximum Gasteiger partial charge on any atom is 0.0610 e. The van der Waals surface area contributed by atoms with Gasteiger partial charge in [0.25, 0.3) is 0 Å². The van der Waals surface area contributed by atoms with E-state index in [2.05, 4.69) is 33.4 Å². The Kier molecular flexibility index (Phi) is 3.67. The molecule has 1 fully saturated rings. The number of benzene rings is 1. The molecule has 0 radical (unpaired) electrons. The lowest BCUT2D eigenvalue weighted by Crippen LogP contribution is -2.47. The van der Waals surface area contributed by atoms with Crippen LogP contribution in [0.4, 0.5) is 0 Å². The van der Waals surface area contributed by atoms with E-state index >= 15 is 0 Å². The average molecular weight is 284 g/mol. The lowest BCUT2D eigenvalue weighted by Gasteiger charge is -2.41. The molecule has 2 N–H and O–H groups in total. The third kappa shape index (κ3) is 2.04. The van der Waals surface area contributed by atoms with Crippen molar-refractivity contribution in [1.29, 1.82) is 0 Å². The summed E-state index contributed by atoms with van der Waals surface area (Å²) in [7, 11) is 0. The maximum absolute atomic E-state index is 10.2. The fourth-order valence-electron chi connectivity index (χ4n) is 2.65. The highest BCUT2D eigenvalue weighted by molar-refractivity contribution is 9.10. The van der Waals surface area contributed by atoms with Crippen molar-refractivity contribution in [3.63, 3.8) is 0 Å². The molecule has 1 aromatic carbocycles. The number of aliphatic hydroxyl groups excluding tert-OH is 1. The summed E-state index contributed by atoms with van der Waals surface area (Å²) in [5, 5.41) is 13.5. The normalized spacial score (nSPS) is 21.7. The molecule has 0 spiro atoms. The minimum absolute atomic E-state index is 0.0919. The largest absolute Gasteiger partial charge is 0.392 e. The predicted molar refractivity (Wildman–Crippen MR) is 69.6 cm³/mol. The average Bonchev–Trinajstić information content (AvgIpc) is 2.30. The number of nitrogens with one attached hydrogen (secondary N) is 1. The van der Waals surface area contributed by atoms with Gasteiger partial charge in [-0.1, -0.05) is 34.1 Å². The molecule has 0 bridgehead atoms. The summed E-state index contributed by atoms with van der Waals surface area (Å²) in [6.45, 7) is 3.86. The van der Waals surface area contributed by atoms with Crippen LogP contribution in [0.5, 0.6) is 0 Å². The van der Waals surface area contributed by atoms with E-state index in [1.54, 1.807) is 0 Å². The first kappa shape index (κ1) is 12.1. The third-order valence-electron chi connectivity index (χ3n) is 3.71. The molecule has 2 rings (SSSR count). The van der Waals surface area contributed by atoms with Crippen LogP contribution in [0.3, 0.4) is 0 Å². The zero-order chi connectivity index (χ0) is 11.6. The van der Waals surface area contributed by atoms with Gasteiger partial charge in [0.2, 0.25) is 0 Å². The summed E-state index contributed by atoms with van der Waals surface area (Å²) in [5.41, 5.74) is 1.15. The van der Waals surface area contributed by atoms with Crippen LogP contribution in [0.25, 0.3) is 0 Å². The van der Waals surface area contributed by atoms with Gasteiger partial charge in [0.15, 0.2) is 0 Å². The molecule has 1 heterocycles. The van der Waals surface area contributed by atoms with E-state index in [9.17, 15) is 5.11 Å². The van der Waals surface area contributed by atoms with Gasteiger partial charge in [0, 0.05) is 9.89 Å². The van der Waals surface area contributed by atoms with Crippen LogP contribution < -0.4 is 5.32 Å². The van der Waals surface area contributed by atoms with Crippen molar-refractivity contribution in [2.75, 3.05) is 13.1 Å². The van der Waals surface area contributed by atoms with Crippen LogP contribution in [0, 0.1) is 0 Å². The zero-order valence-corrected chi connectivity index (χ0v) is 11.1. The molecule has 1 aliphatic rings. The molecular formula is C13H18BrNO. The lowest BCUT2D eigenvalue weighted by molar-refractivity contribution is 0.0728. The van der Waals surface area contributed by atoms with Crippen LogP contribution in [0.1, 0.15) is 25.3 Å². The maximum atomic E-state index is 10.2. The quantitative estimate of drug-likeness (QED) is 0.874. The van der Waals surface area contributed by atoms with Crippen molar-refractivity contribution in [3.8, 4) is 0 Å². The van der Waals surface area contributed by atoms with Gasteiger partial charge in [-0.2, -0.15) is 0 Å². The Morgan fingerprint density at radius 1 is 1.31 bits per heavy atom. The fraction of sp³-hybridized carbons (Fsp3) is 0.538. The Bertz CT molecular complexity index is 359. The molecule has 16 heavy (non-hydrogen) atoms. The van der Waals surface area contributed by atoms with Crippen molar-refractivity contribution in [2.24, 2.45) is 0 Å². The number of hydrogen-bond donors (Lipinski definition) is 2. The van der Waals surface area contributed by atoms with Gasteiger partial charge in [0.05, 0.1) is 6.10 Å². The number of rotatable bonds is 2. The van der Waals surface area contributed by atoms with Gasteiger partial charge >= 0.3 is 0 Å². The second-order valence-electron chi connectivity index (χ2n) is 4.56. The summed E-state index contributed by atoms with van der Waals surface area (Å²) in [5.74, 6) is 0. The van der Waals surface area contributed by atoms with E-state index in [-0.39, 0.29) is 11.5 Å². The number of halogens is 1. The van der Waals surface area contributed by atoms with Gasteiger partial charge < -0.3 is 10.4 Å². The van der Waals surface area contributed by atoms with Crippen LogP contribution >= 0.6 is 15.9 Å². The molecule has 2 nitrogen and oxygen atoms in total. The van der Waals surface area contributed by atoms with Gasteiger partial charge in [-0.15, -0.1) is 0 Å². The molecular weight excluding hydrogens is 266 g/mol. The van der Waals surface area contributed by atoms with Crippen molar-refractivity contribution in [3.05, 3.63) is 34.3 Å². The van der Waals surface area contributed by atoms with E-state index in [4.69, 9.17) is 0 Å². The Hall–Kier alpha value is -0.380. The van der Waals surface area contributed by atoms with Gasteiger partial charge in [0.1, 0.15) is 0 Å². The van der Waals surface area contributed by atoms with Crippen molar-refractivity contribution in [1.82, 2.24) is 5.32 Å². The van der Waals surface area contributed by atoms with E-state index < -0.39 is 0 Å². The van der Waals surface area contributed by atoms with Crippen molar-refractivity contribution < 1.29 is 5.11 Å². The lowest BCUT2D eigenvalue weighted by atomic mass is 9.69. The summed E-state index contributed by atoms with van der Waals surface area (Å²) < 4.78 is 1.11. The molecule has 88 valence electrons. The number of aliphatic hydroxyl groups is 1. The van der Waals surface area contributed by atoms with E-state index in [0.29, 0.717) is 0 Å². The highest BCUT2D eigenvalue weighted by Gasteiger charge is 2.39. The standard InChI is InChI=1S/C13H18BrNO/c1-10(16)13(6-8-15-9-7-13)11-4-2-3-5-12(11)14/h2-5,10,15-16H,6-9H2,1H3. The Balaban J connectivity index is 2.43. The molecule has 3 heteroatoms. The summed E-state index contributed by atoms with van der Waals surface area (Å²) >= 11 is 3.60. The third-order valence-corrected chi connectivity index (χ3v) is 4.40. The first-order valence-electron chi connectivity index (χ1n) is 5.80. The van der Waals surface area contributed by atoms with Gasteiger partial charge in [-0.25, -0.2) is 0 Å². The highest BCUT2D eigenvalue weighted by Crippen LogP contribution is 2.40. The molecule has 1 aromatic rings. The molecule has 0 saturated carbocycles. The monoisotopic (exact) mass is 283 g/mol. The highest BCUT2D eigenvalue weighted by atomic mass is 79.9. The van der Waals surface area contributed by atoms with E-state index in [0.717, 1.165) is 30.4 Å². The molecule has 0 amide bonds. The molecule has 1 unspecified atom stereocenters. The second-order valence-corrected chi connectivity index (χ2v) is 5.42. The Morgan fingerprint density at radius 3 is 2.50 bits per heavy atom. The van der Waals surface area contributed by atoms with Crippen molar-refractivity contribution >= 4 is 15.9 Å². The summed E-state index contributed by atoms with van der Waals surface area (Å²) in [6, 6.07) is 8.25. The minimum Gasteiger partial charge on any atom is -0.392 e. The Morgan fingerprint density at radius 2 is 1.94 bits per heavy atom. The van der Waals surface area contributed by atoms with Crippen LogP contribution in [-0.4, -0.2) is 24.3 Å². The minimum atomic E-state index is -0.312. The van der Waals surface area contributed by atoms with Crippen molar-refractivity contribution in [2.45, 2.75) is 31.3 Å². The molecule has 1 saturated heterocycles. The topological polar surface area (TPSA) is 32.3 Å². The zero-order valence-electron chi connectivity index (χ0n) is 9.54. The molecule has 0 aromatic heterocycles. The molecule has 1 atom stereocenters. The first-order valence-corrected chi connectivity index (χ1v) is 6.60. The number of hydrogen-bond acceptors (Lipinski definition) is 2. The van der Waals surface area contributed by atoms with Gasteiger partial charge in [-0.3, -0.25) is 0 Å². The summed E-state index contributed by atoms with van der Waals surface area (Å²) in [4.78, 5) is 0. The van der Waals surface area contributed by atoms with Crippen LogP contribution in [0.2, 0.25) is 0 Å². The fourth-order valence-corrected chi connectivity index (χ4v) is 3.33.